The molecule has 0 aliphatic heterocycles. The highest BCUT2D eigenvalue weighted by Crippen LogP contribution is 2.04. The van der Waals surface area contributed by atoms with E-state index >= 15 is 0 Å². The number of carbonyl (C=O) groups is 1. The monoisotopic (exact) mass is 229 g/mol. The van der Waals surface area contributed by atoms with Gasteiger partial charge in [-0.25, -0.2) is 4.79 Å². The van der Waals surface area contributed by atoms with Crippen molar-refractivity contribution in [3.05, 3.63) is 17.3 Å². The van der Waals surface area contributed by atoms with Crippen LogP contribution in [0.3, 0.4) is 0 Å². The van der Waals surface area contributed by atoms with Crippen LogP contribution in [0, 0.1) is 0 Å². The Morgan fingerprint density at radius 3 is 2.67 bits per heavy atom. The van der Waals surface area contributed by atoms with Crippen molar-refractivity contribution in [2.45, 2.75) is 19.9 Å². The van der Waals surface area contributed by atoms with Crippen molar-refractivity contribution in [1.82, 2.24) is 20.9 Å². The quantitative estimate of drug-likeness (QED) is 0.680. The zero-order valence-electron chi connectivity index (χ0n) is 8.41. The predicted molar refractivity (Wildman–Crippen MR) is 57.5 cm³/mol. The molecule has 0 saturated carbocycles. The molecule has 0 bridgehead atoms. The fourth-order valence-corrected chi connectivity index (χ4v) is 0.903. The van der Waals surface area contributed by atoms with Gasteiger partial charge in [-0.1, -0.05) is 11.6 Å². The van der Waals surface area contributed by atoms with E-state index in [4.69, 9.17) is 11.6 Å². The topological polar surface area (TPSA) is 78.9 Å². The van der Waals surface area contributed by atoms with Crippen molar-refractivity contribution >= 4 is 23.4 Å². The largest absolute Gasteiger partial charge is 0.335 e. The first-order chi connectivity index (χ1) is 7.08. The number of hydrogen-bond donors (Lipinski definition) is 3. The lowest BCUT2D eigenvalue weighted by Crippen LogP contribution is -2.42. The minimum atomic E-state index is -0.332. The van der Waals surface area contributed by atoms with Crippen molar-refractivity contribution in [3.8, 4) is 0 Å². The Morgan fingerprint density at radius 2 is 2.13 bits per heavy atom. The van der Waals surface area contributed by atoms with Crippen LogP contribution in [0.4, 0.5) is 10.6 Å². The number of aromatic nitrogens is 2. The van der Waals surface area contributed by atoms with Gasteiger partial charge in [-0.15, -0.1) is 10.2 Å². The second-order valence-electron chi connectivity index (χ2n) is 3.12. The smallest absolute Gasteiger partial charge is 0.333 e. The van der Waals surface area contributed by atoms with E-state index < -0.39 is 0 Å². The minimum absolute atomic E-state index is 0.0723. The summed E-state index contributed by atoms with van der Waals surface area (Å²) in [5.41, 5.74) is 4.99. The van der Waals surface area contributed by atoms with Crippen LogP contribution < -0.4 is 16.2 Å². The van der Waals surface area contributed by atoms with Crippen LogP contribution in [0.2, 0.25) is 5.15 Å². The maximum atomic E-state index is 11.1. The molecule has 0 atom stereocenters. The van der Waals surface area contributed by atoms with Crippen LogP contribution in [0.25, 0.3) is 0 Å². The van der Waals surface area contributed by atoms with Crippen molar-refractivity contribution in [2.75, 3.05) is 5.43 Å². The molecule has 1 heterocycles. The molecule has 0 saturated heterocycles. The summed E-state index contributed by atoms with van der Waals surface area (Å²) < 4.78 is 0. The van der Waals surface area contributed by atoms with E-state index in [9.17, 15) is 4.79 Å². The molecule has 82 valence electrons. The summed E-state index contributed by atoms with van der Waals surface area (Å²) in [4.78, 5) is 11.1. The lowest BCUT2D eigenvalue weighted by molar-refractivity contribution is 0.240. The normalized spacial score (nSPS) is 9.87. The molecule has 3 N–H and O–H groups in total. The lowest BCUT2D eigenvalue weighted by atomic mass is 10.4. The molecule has 7 heteroatoms. The maximum absolute atomic E-state index is 11.1. The number of nitrogens with zero attached hydrogens (tertiary/aromatic N) is 2. The van der Waals surface area contributed by atoms with Crippen LogP contribution in [0.15, 0.2) is 12.1 Å². The average Bonchev–Trinajstić information content (AvgIpc) is 2.16. The van der Waals surface area contributed by atoms with Gasteiger partial charge in [0.05, 0.1) is 0 Å². The lowest BCUT2D eigenvalue weighted by Gasteiger charge is -2.10. The third-order valence-corrected chi connectivity index (χ3v) is 1.56. The Kier molecular flexibility index (Phi) is 4.11. The van der Waals surface area contributed by atoms with Gasteiger partial charge in [-0.05, 0) is 26.0 Å². The first kappa shape index (κ1) is 11.5. The summed E-state index contributed by atoms with van der Waals surface area (Å²) in [5.74, 6) is 0.415. The molecule has 6 nitrogen and oxygen atoms in total. The molecule has 2 amide bonds. The van der Waals surface area contributed by atoms with Gasteiger partial charge in [0.2, 0.25) is 0 Å². The molecular formula is C8H12ClN5O. The second kappa shape index (κ2) is 5.35. The zero-order valence-corrected chi connectivity index (χ0v) is 9.17. The Hall–Kier alpha value is -1.56. The van der Waals surface area contributed by atoms with Crippen molar-refractivity contribution in [1.29, 1.82) is 0 Å². The van der Waals surface area contributed by atoms with Crippen LogP contribution in [-0.2, 0) is 0 Å². The van der Waals surface area contributed by atoms with Gasteiger partial charge in [0.15, 0.2) is 11.0 Å². The SMILES string of the molecule is CC(C)NC(=O)NNc1ccc(Cl)nn1. The molecule has 0 aliphatic rings. The van der Waals surface area contributed by atoms with Crippen molar-refractivity contribution in [2.24, 2.45) is 0 Å². The van der Waals surface area contributed by atoms with Gasteiger partial charge in [-0.3, -0.25) is 10.9 Å². The fourth-order valence-electron chi connectivity index (χ4n) is 0.802. The van der Waals surface area contributed by atoms with E-state index in [1.54, 1.807) is 12.1 Å². The van der Waals surface area contributed by atoms with E-state index in [0.717, 1.165) is 0 Å². The molecule has 0 unspecified atom stereocenters. The molecule has 1 aromatic heterocycles. The highest BCUT2D eigenvalue weighted by atomic mass is 35.5. The third-order valence-electron chi connectivity index (χ3n) is 1.36. The van der Waals surface area contributed by atoms with Gasteiger partial charge in [0.1, 0.15) is 0 Å². The number of hydrazine groups is 1. The number of anilines is 1. The first-order valence-corrected chi connectivity index (χ1v) is 4.77. The van der Waals surface area contributed by atoms with Gasteiger partial charge >= 0.3 is 6.03 Å². The van der Waals surface area contributed by atoms with Gasteiger partial charge in [-0.2, -0.15) is 0 Å². The molecule has 1 rings (SSSR count). The van der Waals surface area contributed by atoms with Crippen LogP contribution >= 0.6 is 11.6 Å². The standard InChI is InChI=1S/C8H12ClN5O/c1-5(2)10-8(15)14-13-7-4-3-6(9)11-12-7/h3-5H,1-2H3,(H,12,13)(H2,10,14,15). The van der Waals surface area contributed by atoms with Crippen LogP contribution in [-0.4, -0.2) is 22.3 Å². The molecule has 1 aromatic rings. The molecule has 0 fully saturated rings. The molecule has 0 radical (unpaired) electrons. The number of nitrogens with one attached hydrogen (secondary N) is 3. The maximum Gasteiger partial charge on any atom is 0.333 e. The number of rotatable bonds is 3. The van der Waals surface area contributed by atoms with Crippen LogP contribution in [0.5, 0.6) is 0 Å². The summed E-state index contributed by atoms with van der Waals surface area (Å²) in [6, 6.07) is 2.91. The predicted octanol–water partition coefficient (Wildman–Crippen LogP) is 1.16. The van der Waals surface area contributed by atoms with Gasteiger partial charge in [0.25, 0.3) is 0 Å². The average molecular weight is 230 g/mol. The summed E-state index contributed by atoms with van der Waals surface area (Å²) in [6.07, 6.45) is 0. The zero-order chi connectivity index (χ0) is 11.3. The van der Waals surface area contributed by atoms with Gasteiger partial charge < -0.3 is 5.32 Å². The Bertz CT molecular complexity index is 326. The molecule has 0 spiro atoms. The van der Waals surface area contributed by atoms with E-state index in [0.29, 0.717) is 11.0 Å². The highest BCUT2D eigenvalue weighted by molar-refractivity contribution is 6.29. The summed E-state index contributed by atoms with van der Waals surface area (Å²) >= 11 is 5.54. The molecule has 15 heavy (non-hydrogen) atoms. The van der Waals surface area contributed by atoms with Gasteiger partial charge in [0, 0.05) is 6.04 Å². The second-order valence-corrected chi connectivity index (χ2v) is 3.51. The van der Waals surface area contributed by atoms with E-state index in [1.165, 1.54) is 0 Å². The fraction of sp³-hybridized carbons (Fsp3) is 0.375. The number of amides is 2. The number of carbonyl (C=O) groups excluding carboxylic acids is 1. The number of hydrogen-bond acceptors (Lipinski definition) is 4. The van der Waals surface area contributed by atoms with E-state index in [1.807, 2.05) is 13.8 Å². The molecule has 0 aromatic carbocycles. The highest BCUT2D eigenvalue weighted by Gasteiger charge is 2.01. The summed E-state index contributed by atoms with van der Waals surface area (Å²) in [6.45, 7) is 3.73. The Morgan fingerprint density at radius 1 is 1.40 bits per heavy atom. The number of halogens is 1. The van der Waals surface area contributed by atoms with E-state index in [2.05, 4.69) is 26.4 Å². The summed E-state index contributed by atoms with van der Waals surface area (Å²) in [5, 5.41) is 10.2. The first-order valence-electron chi connectivity index (χ1n) is 4.39. The Labute approximate surface area is 92.4 Å². The molecule has 0 aliphatic carbocycles. The van der Waals surface area contributed by atoms with Crippen molar-refractivity contribution in [3.63, 3.8) is 0 Å². The Balaban J connectivity index is 2.37. The minimum Gasteiger partial charge on any atom is -0.335 e. The third kappa shape index (κ3) is 4.46. The van der Waals surface area contributed by atoms with E-state index in [-0.39, 0.29) is 12.1 Å². The van der Waals surface area contributed by atoms with Crippen molar-refractivity contribution < 1.29 is 4.79 Å². The summed E-state index contributed by atoms with van der Waals surface area (Å²) in [7, 11) is 0. The molecular weight excluding hydrogens is 218 g/mol. The van der Waals surface area contributed by atoms with Crippen LogP contribution in [0.1, 0.15) is 13.8 Å². The number of urea groups is 1.